The van der Waals surface area contributed by atoms with Gasteiger partial charge in [-0.25, -0.2) is 0 Å². The van der Waals surface area contributed by atoms with Crippen molar-refractivity contribution in [2.75, 3.05) is 0 Å². The Labute approximate surface area is 63.8 Å². The maximum atomic E-state index is 8.28. The second-order valence-electron chi connectivity index (χ2n) is 0. The molecule has 0 saturated heterocycles. The van der Waals surface area contributed by atoms with Gasteiger partial charge in [0.25, 0.3) is 0 Å². The molecule has 0 heterocycles. The van der Waals surface area contributed by atoms with Crippen LogP contribution in [0, 0.1) is 44.8 Å². The van der Waals surface area contributed by atoms with Crippen molar-refractivity contribution in [2.45, 2.75) is 0 Å². The molecule has 0 bridgehead atoms. The van der Waals surface area contributed by atoms with Crippen molar-refractivity contribution in [2.24, 2.45) is 0 Å². The van der Waals surface area contributed by atoms with Crippen LogP contribution in [0.15, 0.2) is 0 Å². The van der Waals surface area contributed by atoms with Crippen molar-refractivity contribution >= 4 is 16.2 Å². The average Bonchev–Trinajstić information content (AvgIpc) is 1.50. The molecule has 4 heavy (non-hydrogen) atoms. The Kier molecular flexibility index (Phi) is 52.1. The minimum absolute atomic E-state index is 0.611. The summed E-state index contributed by atoms with van der Waals surface area (Å²) in [6.07, 6.45) is 0. The first-order chi connectivity index (χ1) is 2.00. The molecule has 0 aliphatic rings. The Balaban J connectivity index is 0. The van der Waals surface area contributed by atoms with E-state index in [0.29, 0.717) is 16.2 Å². The van der Waals surface area contributed by atoms with Gasteiger partial charge in [-0.15, -0.1) is 0 Å². The molecule has 0 aromatic heterocycles. The Morgan fingerprint density at radius 2 is 1.25 bits per heavy atom. The van der Waals surface area contributed by atoms with Crippen LogP contribution in [0.25, 0.3) is 0 Å². The molecule has 0 spiro atoms. The van der Waals surface area contributed by atoms with Crippen molar-refractivity contribution in [1.29, 1.82) is 0 Å². The molecule has 0 fully saturated rings. The maximum absolute atomic E-state index is 8.28. The molecular formula is HAlO2Yb. The number of rotatable bonds is 0. The predicted octanol–water partition coefficient (Wildman–Crippen LogP) is -0.886. The first-order valence-corrected chi connectivity index (χ1v) is 1.68. The van der Waals surface area contributed by atoms with Crippen molar-refractivity contribution in [3.8, 4) is 0 Å². The summed E-state index contributed by atoms with van der Waals surface area (Å²) in [5, 5.41) is 0. The minimum atomic E-state index is 0.611. The average molecular weight is 233 g/mol. The predicted molar refractivity (Wildman–Crippen MR) is 8.52 cm³/mol. The van der Waals surface area contributed by atoms with Crippen molar-refractivity contribution in [1.82, 2.24) is 0 Å². The van der Waals surface area contributed by atoms with Gasteiger partial charge in [-0.3, -0.25) is 0 Å². The van der Waals surface area contributed by atoms with E-state index in [4.69, 9.17) is 4.09 Å². The van der Waals surface area contributed by atoms with Crippen LogP contribution in [0.4, 0.5) is 0 Å². The Bertz CT molecular complexity index is 8.00. The van der Waals surface area contributed by atoms with E-state index in [0.717, 1.165) is 0 Å². The van der Waals surface area contributed by atoms with Gasteiger partial charge >= 0.3 is 65.1 Å². The summed E-state index contributed by atoms with van der Waals surface area (Å²) in [5.74, 6) is 0. The van der Waals surface area contributed by atoms with Gasteiger partial charge in [0.15, 0.2) is 0 Å². The van der Waals surface area contributed by atoms with Crippen LogP contribution in [-0.2, 0) is 4.09 Å². The summed E-state index contributed by atoms with van der Waals surface area (Å²) in [7, 11) is 0. The summed E-state index contributed by atoms with van der Waals surface area (Å²) < 4.78 is 16.4. The van der Waals surface area contributed by atoms with Gasteiger partial charge in [0.2, 0.25) is 0 Å². The van der Waals surface area contributed by atoms with Crippen molar-refractivity contribution < 1.29 is 48.9 Å². The topological polar surface area (TPSA) is 34.1 Å². The fourth-order valence-electron chi connectivity index (χ4n) is 0. The van der Waals surface area contributed by atoms with E-state index in [1.165, 1.54) is 44.8 Å². The van der Waals surface area contributed by atoms with Gasteiger partial charge in [-0.2, -0.15) is 0 Å². The van der Waals surface area contributed by atoms with Crippen LogP contribution in [0.1, 0.15) is 0 Å². The Morgan fingerprint density at radius 3 is 1.25 bits per heavy atom. The Morgan fingerprint density at radius 1 is 1.25 bits per heavy atom. The molecule has 0 aliphatic heterocycles. The summed E-state index contributed by atoms with van der Waals surface area (Å²) >= 11 is 2.06. The van der Waals surface area contributed by atoms with Gasteiger partial charge in [0.05, 0.1) is 0 Å². The molecule has 4 heteroatoms. The normalized spacial score (nSPS) is 2.25. The van der Waals surface area contributed by atoms with Crippen LogP contribution in [0.3, 0.4) is 0 Å². The van der Waals surface area contributed by atoms with Gasteiger partial charge < -0.3 is 0 Å². The van der Waals surface area contributed by atoms with E-state index in [9.17, 15) is 0 Å². The van der Waals surface area contributed by atoms with E-state index in [-0.39, 0.29) is 0 Å². The number of hydrogen-bond acceptors (Lipinski definition) is 2. The first kappa shape index (κ1) is 9.17. The third kappa shape index (κ3) is 9.41. The molecule has 0 unspecified atom stereocenters. The van der Waals surface area contributed by atoms with E-state index in [2.05, 4.69) is 0 Å². The fourth-order valence-corrected chi connectivity index (χ4v) is 0. The molecule has 0 aromatic carbocycles. The second kappa shape index (κ2) is 22.7. The SMILES string of the molecule is [O]=[AlH].[O]=[Yb]. The Hall–Kier alpha value is 1.65. The van der Waals surface area contributed by atoms with Gasteiger partial charge in [-0.05, 0) is 0 Å². The molecule has 0 N–H and O–H groups in total. The molecule has 0 rings (SSSR count). The number of hydrogen-bond donors (Lipinski definition) is 0. The van der Waals surface area contributed by atoms with Crippen LogP contribution in [-0.4, -0.2) is 16.2 Å². The molecule has 2 nitrogen and oxygen atoms in total. The molecule has 0 aromatic rings. The molecule has 30 valence electrons. The van der Waals surface area contributed by atoms with Crippen LogP contribution in [0.2, 0.25) is 0 Å². The van der Waals surface area contributed by atoms with Gasteiger partial charge in [-0.1, -0.05) is 0 Å². The molecule has 0 aliphatic carbocycles. The molecule has 0 radical (unpaired) electrons. The van der Waals surface area contributed by atoms with Gasteiger partial charge in [0, 0.05) is 0 Å². The van der Waals surface area contributed by atoms with Crippen molar-refractivity contribution in [3.05, 3.63) is 0 Å². The third-order valence-corrected chi connectivity index (χ3v) is 0. The quantitative estimate of drug-likeness (QED) is 0.509. The van der Waals surface area contributed by atoms with Crippen LogP contribution < -0.4 is 0 Å². The zero-order chi connectivity index (χ0) is 4.00. The molecule has 0 saturated carbocycles. The standard InChI is InChI=1S/Al.2O.Yb.H. The van der Waals surface area contributed by atoms with Crippen LogP contribution >= 0.6 is 0 Å². The first-order valence-electron chi connectivity index (χ1n) is 0.398. The molecule has 0 atom stereocenters. The fraction of sp³-hybridized carbons (Fsp3) is 0. The second-order valence-corrected chi connectivity index (χ2v) is 0. The summed E-state index contributed by atoms with van der Waals surface area (Å²) in [4.78, 5) is 0. The van der Waals surface area contributed by atoms with E-state index in [1.54, 1.807) is 0 Å². The third-order valence-electron chi connectivity index (χ3n) is 0. The monoisotopic (exact) mass is 234 g/mol. The summed E-state index contributed by atoms with van der Waals surface area (Å²) in [5.41, 5.74) is 0. The van der Waals surface area contributed by atoms with Crippen molar-refractivity contribution in [3.63, 3.8) is 0 Å². The zero-order valence-electron chi connectivity index (χ0n) is 1.79. The van der Waals surface area contributed by atoms with E-state index < -0.39 is 0 Å². The molecular weight excluding hydrogens is 232 g/mol. The van der Waals surface area contributed by atoms with E-state index in [1.807, 2.05) is 0 Å². The summed E-state index contributed by atoms with van der Waals surface area (Å²) in [6.45, 7) is 0. The van der Waals surface area contributed by atoms with Gasteiger partial charge in [0.1, 0.15) is 0 Å². The van der Waals surface area contributed by atoms with E-state index >= 15 is 0 Å². The molecule has 0 amide bonds. The summed E-state index contributed by atoms with van der Waals surface area (Å²) in [6, 6.07) is 0. The van der Waals surface area contributed by atoms with Crippen LogP contribution in [0.5, 0.6) is 0 Å². The zero-order valence-corrected chi connectivity index (χ0v) is 4.92.